The highest BCUT2D eigenvalue weighted by molar-refractivity contribution is 5.59. The maximum Gasteiger partial charge on any atom is 0.0426 e. The summed E-state index contributed by atoms with van der Waals surface area (Å²) in [6.45, 7) is 12.2. The van der Waals surface area contributed by atoms with Gasteiger partial charge in [-0.3, -0.25) is 0 Å². The van der Waals surface area contributed by atoms with Crippen LogP contribution in [0.15, 0.2) is 18.2 Å². The summed E-state index contributed by atoms with van der Waals surface area (Å²) in [6.07, 6.45) is 0. The molecule has 1 saturated heterocycles. The van der Waals surface area contributed by atoms with Gasteiger partial charge in [-0.05, 0) is 38.8 Å². The van der Waals surface area contributed by atoms with Crippen LogP contribution in [0.3, 0.4) is 0 Å². The number of hydrogen-bond acceptors (Lipinski definition) is 2. The first-order chi connectivity index (χ1) is 7.49. The maximum atomic E-state index is 3.56. The van der Waals surface area contributed by atoms with Crippen molar-refractivity contribution in [3.63, 3.8) is 0 Å². The van der Waals surface area contributed by atoms with E-state index in [1.165, 1.54) is 16.8 Å². The molecule has 1 aromatic rings. The van der Waals surface area contributed by atoms with Crippen molar-refractivity contribution in [1.29, 1.82) is 0 Å². The van der Waals surface area contributed by atoms with Crippen LogP contribution in [0, 0.1) is 13.8 Å². The third-order valence-electron chi connectivity index (χ3n) is 3.33. The molecule has 0 spiro atoms. The molecular weight excluding hydrogens is 196 g/mol. The quantitative estimate of drug-likeness (QED) is 0.779. The topological polar surface area (TPSA) is 15.3 Å². The largest absolute Gasteiger partial charge is 0.368 e. The molecule has 0 amide bonds. The molecule has 16 heavy (non-hydrogen) atoms. The zero-order valence-corrected chi connectivity index (χ0v) is 10.8. The van der Waals surface area contributed by atoms with Crippen molar-refractivity contribution in [2.24, 2.45) is 0 Å². The van der Waals surface area contributed by atoms with Gasteiger partial charge in [-0.1, -0.05) is 18.2 Å². The normalized spacial score (nSPS) is 19.9. The summed E-state index contributed by atoms with van der Waals surface area (Å²) in [5.41, 5.74) is 4.42. The van der Waals surface area contributed by atoms with E-state index in [1.807, 2.05) is 0 Å². The fraction of sp³-hybridized carbons (Fsp3) is 0.571. The molecule has 1 aliphatic rings. The molecule has 1 N–H and O–H groups in total. The summed E-state index contributed by atoms with van der Waals surface area (Å²) >= 11 is 0. The van der Waals surface area contributed by atoms with Gasteiger partial charge in [0, 0.05) is 30.9 Å². The van der Waals surface area contributed by atoms with Crippen molar-refractivity contribution in [3.05, 3.63) is 29.3 Å². The van der Waals surface area contributed by atoms with Crippen molar-refractivity contribution < 1.29 is 0 Å². The van der Waals surface area contributed by atoms with E-state index in [-0.39, 0.29) is 5.54 Å². The Labute approximate surface area is 98.7 Å². The van der Waals surface area contributed by atoms with Crippen LogP contribution in [0.1, 0.15) is 25.0 Å². The number of piperazine rings is 1. The molecule has 2 heteroatoms. The van der Waals surface area contributed by atoms with E-state index in [9.17, 15) is 0 Å². The Morgan fingerprint density at radius 1 is 1.19 bits per heavy atom. The Morgan fingerprint density at radius 2 is 1.81 bits per heavy atom. The van der Waals surface area contributed by atoms with E-state index in [0.29, 0.717) is 0 Å². The number of nitrogens with zero attached hydrogens (tertiary/aromatic N) is 1. The summed E-state index contributed by atoms with van der Waals surface area (Å²) in [6, 6.07) is 6.55. The Morgan fingerprint density at radius 3 is 2.38 bits per heavy atom. The lowest BCUT2D eigenvalue weighted by atomic mass is 9.99. The SMILES string of the molecule is Cc1cccc(C)c1N1CCNC(C)(C)C1. The van der Waals surface area contributed by atoms with Crippen LogP contribution in [0.2, 0.25) is 0 Å². The summed E-state index contributed by atoms with van der Waals surface area (Å²) < 4.78 is 0. The molecule has 0 aromatic heterocycles. The first kappa shape index (κ1) is 11.5. The lowest BCUT2D eigenvalue weighted by Crippen LogP contribution is -2.57. The molecule has 0 radical (unpaired) electrons. The van der Waals surface area contributed by atoms with Gasteiger partial charge in [0.1, 0.15) is 0 Å². The number of rotatable bonds is 1. The van der Waals surface area contributed by atoms with Crippen molar-refractivity contribution in [2.75, 3.05) is 24.5 Å². The molecule has 1 heterocycles. The summed E-state index contributed by atoms with van der Waals surface area (Å²) in [5.74, 6) is 0. The molecule has 2 rings (SSSR count). The number of para-hydroxylation sites is 1. The van der Waals surface area contributed by atoms with E-state index in [2.05, 4.69) is 56.1 Å². The molecule has 0 unspecified atom stereocenters. The Hall–Kier alpha value is -1.02. The fourth-order valence-corrected chi connectivity index (χ4v) is 2.64. The molecule has 0 atom stereocenters. The molecule has 1 aliphatic heterocycles. The second-order valence-corrected chi connectivity index (χ2v) is 5.47. The van der Waals surface area contributed by atoms with Gasteiger partial charge >= 0.3 is 0 Å². The second kappa shape index (κ2) is 4.10. The summed E-state index contributed by atoms with van der Waals surface area (Å²) in [5, 5.41) is 3.56. The van der Waals surface area contributed by atoms with Crippen LogP contribution < -0.4 is 10.2 Å². The molecule has 2 nitrogen and oxygen atoms in total. The molecule has 1 aromatic carbocycles. The van der Waals surface area contributed by atoms with Gasteiger partial charge in [-0.25, -0.2) is 0 Å². The van der Waals surface area contributed by atoms with Crippen LogP contribution in [0.25, 0.3) is 0 Å². The zero-order chi connectivity index (χ0) is 11.8. The minimum Gasteiger partial charge on any atom is -0.368 e. The van der Waals surface area contributed by atoms with E-state index in [4.69, 9.17) is 0 Å². The van der Waals surface area contributed by atoms with Crippen molar-refractivity contribution >= 4 is 5.69 Å². The minimum atomic E-state index is 0.215. The van der Waals surface area contributed by atoms with Gasteiger partial charge in [0.2, 0.25) is 0 Å². The predicted molar refractivity (Wildman–Crippen MR) is 70.2 cm³/mol. The van der Waals surface area contributed by atoms with Crippen molar-refractivity contribution in [3.8, 4) is 0 Å². The van der Waals surface area contributed by atoms with Crippen molar-refractivity contribution in [1.82, 2.24) is 5.32 Å². The lowest BCUT2D eigenvalue weighted by molar-refractivity contribution is 0.352. The van der Waals surface area contributed by atoms with Crippen LogP contribution in [0.4, 0.5) is 5.69 Å². The standard InChI is InChI=1S/C14H22N2/c1-11-6-5-7-12(2)13(11)16-9-8-15-14(3,4)10-16/h5-7,15H,8-10H2,1-4H3. The number of hydrogen-bond donors (Lipinski definition) is 1. The number of benzene rings is 1. The summed E-state index contributed by atoms with van der Waals surface area (Å²) in [4.78, 5) is 2.52. The average Bonchev–Trinajstić information content (AvgIpc) is 2.15. The van der Waals surface area contributed by atoms with Crippen LogP contribution in [-0.4, -0.2) is 25.2 Å². The third-order valence-corrected chi connectivity index (χ3v) is 3.33. The predicted octanol–water partition coefficient (Wildman–Crippen LogP) is 2.49. The summed E-state index contributed by atoms with van der Waals surface area (Å²) in [7, 11) is 0. The van der Waals surface area contributed by atoms with Crippen molar-refractivity contribution in [2.45, 2.75) is 33.2 Å². The first-order valence-electron chi connectivity index (χ1n) is 6.06. The highest BCUT2D eigenvalue weighted by Gasteiger charge is 2.26. The van der Waals surface area contributed by atoms with Gasteiger partial charge in [0.25, 0.3) is 0 Å². The lowest BCUT2D eigenvalue weighted by Gasteiger charge is -2.41. The Bertz CT molecular complexity index is 362. The van der Waals surface area contributed by atoms with Crippen LogP contribution in [0.5, 0.6) is 0 Å². The van der Waals surface area contributed by atoms with E-state index in [0.717, 1.165) is 19.6 Å². The average molecular weight is 218 g/mol. The molecule has 0 aliphatic carbocycles. The first-order valence-corrected chi connectivity index (χ1v) is 6.06. The molecule has 1 fully saturated rings. The van der Waals surface area contributed by atoms with E-state index in [1.54, 1.807) is 0 Å². The monoisotopic (exact) mass is 218 g/mol. The van der Waals surface area contributed by atoms with Gasteiger partial charge in [0.15, 0.2) is 0 Å². The van der Waals surface area contributed by atoms with Gasteiger partial charge in [-0.2, -0.15) is 0 Å². The van der Waals surface area contributed by atoms with Gasteiger partial charge in [-0.15, -0.1) is 0 Å². The van der Waals surface area contributed by atoms with Gasteiger partial charge in [0.05, 0.1) is 0 Å². The third kappa shape index (κ3) is 2.22. The number of aryl methyl sites for hydroxylation is 2. The number of anilines is 1. The zero-order valence-electron chi connectivity index (χ0n) is 10.8. The minimum absolute atomic E-state index is 0.215. The van der Waals surface area contributed by atoms with Gasteiger partial charge < -0.3 is 10.2 Å². The number of nitrogens with one attached hydrogen (secondary N) is 1. The molecular formula is C14H22N2. The van der Waals surface area contributed by atoms with Crippen LogP contribution >= 0.6 is 0 Å². The van der Waals surface area contributed by atoms with Crippen LogP contribution in [-0.2, 0) is 0 Å². The highest BCUT2D eigenvalue weighted by Crippen LogP contribution is 2.27. The second-order valence-electron chi connectivity index (χ2n) is 5.47. The molecule has 88 valence electrons. The Kier molecular flexibility index (Phi) is 2.94. The smallest absolute Gasteiger partial charge is 0.0426 e. The Balaban J connectivity index is 2.30. The van der Waals surface area contributed by atoms with E-state index < -0.39 is 0 Å². The highest BCUT2D eigenvalue weighted by atomic mass is 15.2. The molecule has 0 bridgehead atoms. The maximum absolute atomic E-state index is 3.56. The molecule has 0 saturated carbocycles. The fourth-order valence-electron chi connectivity index (χ4n) is 2.64. The van der Waals surface area contributed by atoms with E-state index >= 15 is 0 Å².